The lowest BCUT2D eigenvalue weighted by Gasteiger charge is -2.34. The molecule has 0 aromatic carbocycles. The molecule has 8 heteroatoms. The van der Waals surface area contributed by atoms with Crippen molar-refractivity contribution in [3.63, 3.8) is 0 Å². The highest BCUT2D eigenvalue weighted by Gasteiger charge is 2.25. The van der Waals surface area contributed by atoms with Gasteiger partial charge >= 0.3 is 11.8 Å². The van der Waals surface area contributed by atoms with Crippen molar-refractivity contribution in [1.29, 1.82) is 0 Å². The van der Waals surface area contributed by atoms with Crippen molar-refractivity contribution < 1.29 is 14.8 Å². The zero-order valence-corrected chi connectivity index (χ0v) is 9.52. The maximum atomic E-state index is 10.9. The van der Waals surface area contributed by atoms with Gasteiger partial charge in [0.2, 0.25) is 0 Å². The molecule has 1 amide bonds. The lowest BCUT2D eigenvalue weighted by Crippen LogP contribution is -2.48. The summed E-state index contributed by atoms with van der Waals surface area (Å²) in [7, 11) is 0. The van der Waals surface area contributed by atoms with Gasteiger partial charge < -0.3 is 14.9 Å². The van der Waals surface area contributed by atoms with Gasteiger partial charge in [-0.05, 0) is 6.07 Å². The van der Waals surface area contributed by atoms with E-state index < -0.39 is 11.0 Å². The van der Waals surface area contributed by atoms with Gasteiger partial charge in [-0.15, -0.1) is 0 Å². The van der Waals surface area contributed by atoms with Crippen LogP contribution in [0.5, 0.6) is 0 Å². The largest absolute Gasteiger partial charge is 0.465 e. The van der Waals surface area contributed by atoms with Gasteiger partial charge in [0.15, 0.2) is 0 Å². The van der Waals surface area contributed by atoms with Gasteiger partial charge in [-0.1, -0.05) is 0 Å². The van der Waals surface area contributed by atoms with Crippen LogP contribution in [0.25, 0.3) is 0 Å². The summed E-state index contributed by atoms with van der Waals surface area (Å²) in [5.74, 6) is 0. The topological polar surface area (TPSA) is 99.8 Å². The van der Waals surface area contributed by atoms with E-state index in [0.717, 1.165) is 0 Å². The number of hydrogen-bond donors (Lipinski definition) is 1. The smallest absolute Gasteiger partial charge is 0.407 e. The van der Waals surface area contributed by atoms with Crippen molar-refractivity contribution in [2.45, 2.75) is 0 Å². The Morgan fingerprint density at radius 1 is 1.39 bits per heavy atom. The van der Waals surface area contributed by atoms with E-state index in [1.54, 1.807) is 11.0 Å². The van der Waals surface area contributed by atoms with Crippen LogP contribution in [0.15, 0.2) is 18.5 Å². The molecule has 1 aromatic heterocycles. The first-order chi connectivity index (χ1) is 8.59. The molecular weight excluding hydrogens is 240 g/mol. The molecular formula is C10H12N4O4. The average Bonchev–Trinajstić information content (AvgIpc) is 2.39. The van der Waals surface area contributed by atoms with Gasteiger partial charge in [-0.2, -0.15) is 0 Å². The number of hydrogen-bond acceptors (Lipinski definition) is 5. The fraction of sp³-hybridized carbons (Fsp3) is 0.400. The van der Waals surface area contributed by atoms with Gasteiger partial charge in [-0.3, -0.25) is 15.1 Å². The minimum absolute atomic E-state index is 0.0544. The van der Waals surface area contributed by atoms with Gasteiger partial charge in [0.1, 0.15) is 11.9 Å². The standard InChI is InChI=1S/C10H12N4O4/c15-10(16)13-5-3-12(4-6-13)8-1-2-11-7-9(8)14(17)18/h1-2,7H,3-6H2,(H,15,16). The van der Waals surface area contributed by atoms with Crippen molar-refractivity contribution in [1.82, 2.24) is 9.88 Å². The molecule has 0 aliphatic carbocycles. The summed E-state index contributed by atoms with van der Waals surface area (Å²) >= 11 is 0. The van der Waals surface area contributed by atoms with E-state index in [-0.39, 0.29) is 5.69 Å². The van der Waals surface area contributed by atoms with Crippen LogP contribution in [-0.2, 0) is 0 Å². The average molecular weight is 252 g/mol. The van der Waals surface area contributed by atoms with Gasteiger partial charge in [-0.25, -0.2) is 4.79 Å². The SMILES string of the molecule is O=C(O)N1CCN(c2ccncc2[N+](=O)[O-])CC1. The highest BCUT2D eigenvalue weighted by atomic mass is 16.6. The van der Waals surface area contributed by atoms with E-state index in [2.05, 4.69) is 4.98 Å². The predicted molar refractivity (Wildman–Crippen MR) is 62.7 cm³/mol. The fourth-order valence-electron chi connectivity index (χ4n) is 1.93. The molecule has 0 bridgehead atoms. The van der Waals surface area contributed by atoms with Crippen LogP contribution in [0.4, 0.5) is 16.2 Å². The van der Waals surface area contributed by atoms with Crippen LogP contribution in [0, 0.1) is 10.1 Å². The number of amides is 1. The summed E-state index contributed by atoms with van der Waals surface area (Å²) in [5.41, 5.74) is 0.432. The van der Waals surface area contributed by atoms with Crippen LogP contribution in [-0.4, -0.2) is 52.2 Å². The quantitative estimate of drug-likeness (QED) is 0.617. The predicted octanol–water partition coefficient (Wildman–Crippen LogP) is 0.790. The van der Waals surface area contributed by atoms with Crippen molar-refractivity contribution in [3.8, 4) is 0 Å². The monoisotopic (exact) mass is 252 g/mol. The van der Waals surface area contributed by atoms with Crippen molar-refractivity contribution in [2.75, 3.05) is 31.1 Å². The Morgan fingerprint density at radius 3 is 2.61 bits per heavy atom. The normalized spacial score (nSPS) is 15.6. The maximum absolute atomic E-state index is 10.9. The Labute approximate surface area is 103 Å². The molecule has 1 aromatic rings. The molecule has 0 spiro atoms. The summed E-state index contributed by atoms with van der Waals surface area (Å²) in [6.07, 6.45) is 1.74. The van der Waals surface area contributed by atoms with Crippen LogP contribution < -0.4 is 4.90 Å². The number of nitrogens with zero attached hydrogens (tertiary/aromatic N) is 4. The number of pyridine rings is 1. The lowest BCUT2D eigenvalue weighted by atomic mass is 10.2. The Balaban J connectivity index is 2.15. The Bertz CT molecular complexity index is 471. The minimum Gasteiger partial charge on any atom is -0.465 e. The van der Waals surface area contributed by atoms with Gasteiger partial charge in [0, 0.05) is 32.4 Å². The van der Waals surface area contributed by atoms with E-state index in [0.29, 0.717) is 31.9 Å². The summed E-state index contributed by atoms with van der Waals surface area (Å²) < 4.78 is 0. The van der Waals surface area contributed by atoms with Gasteiger partial charge in [0.05, 0.1) is 4.92 Å². The van der Waals surface area contributed by atoms with Crippen molar-refractivity contribution in [3.05, 3.63) is 28.6 Å². The second kappa shape index (κ2) is 4.86. The second-order valence-electron chi connectivity index (χ2n) is 3.88. The summed E-state index contributed by atoms with van der Waals surface area (Å²) in [6.45, 7) is 1.57. The first-order valence-electron chi connectivity index (χ1n) is 5.41. The molecule has 2 rings (SSSR count). The third kappa shape index (κ3) is 2.31. The number of rotatable bonds is 2. The van der Waals surface area contributed by atoms with Gasteiger partial charge in [0.25, 0.3) is 0 Å². The molecule has 1 saturated heterocycles. The summed E-state index contributed by atoms with van der Waals surface area (Å²) in [5, 5.41) is 19.7. The van der Waals surface area contributed by atoms with Crippen LogP contribution in [0.3, 0.4) is 0 Å². The third-order valence-corrected chi connectivity index (χ3v) is 2.87. The Hall–Kier alpha value is -2.38. The molecule has 0 radical (unpaired) electrons. The minimum atomic E-state index is -0.959. The van der Waals surface area contributed by atoms with Crippen LogP contribution in [0.1, 0.15) is 0 Å². The molecule has 0 atom stereocenters. The lowest BCUT2D eigenvalue weighted by molar-refractivity contribution is -0.384. The van der Waals surface area contributed by atoms with E-state index >= 15 is 0 Å². The number of carbonyl (C=O) groups is 1. The van der Waals surface area contributed by atoms with Crippen molar-refractivity contribution >= 4 is 17.5 Å². The Morgan fingerprint density at radius 2 is 2.06 bits per heavy atom. The first-order valence-corrected chi connectivity index (χ1v) is 5.41. The molecule has 18 heavy (non-hydrogen) atoms. The number of aromatic nitrogens is 1. The number of nitro groups is 1. The van der Waals surface area contributed by atoms with E-state index in [9.17, 15) is 14.9 Å². The third-order valence-electron chi connectivity index (χ3n) is 2.87. The Kier molecular flexibility index (Phi) is 3.26. The first kappa shape index (κ1) is 12.1. The van der Waals surface area contributed by atoms with E-state index in [1.165, 1.54) is 17.3 Å². The molecule has 1 aliphatic heterocycles. The van der Waals surface area contributed by atoms with Crippen LogP contribution >= 0.6 is 0 Å². The number of piperazine rings is 1. The maximum Gasteiger partial charge on any atom is 0.407 e. The van der Waals surface area contributed by atoms with E-state index in [4.69, 9.17) is 5.11 Å². The molecule has 1 aliphatic rings. The summed E-state index contributed by atoms with van der Waals surface area (Å²) in [4.78, 5) is 28.0. The highest BCUT2D eigenvalue weighted by Crippen LogP contribution is 2.27. The molecule has 1 N–H and O–H groups in total. The molecule has 2 heterocycles. The zero-order chi connectivity index (χ0) is 13.1. The van der Waals surface area contributed by atoms with Crippen molar-refractivity contribution in [2.24, 2.45) is 0 Å². The molecule has 1 fully saturated rings. The molecule has 96 valence electrons. The number of carboxylic acid groups (broad SMARTS) is 1. The molecule has 8 nitrogen and oxygen atoms in total. The van der Waals surface area contributed by atoms with E-state index in [1.807, 2.05) is 0 Å². The second-order valence-corrected chi connectivity index (χ2v) is 3.88. The zero-order valence-electron chi connectivity index (χ0n) is 9.52. The highest BCUT2D eigenvalue weighted by molar-refractivity contribution is 5.66. The molecule has 0 saturated carbocycles. The number of anilines is 1. The molecule has 0 unspecified atom stereocenters. The van der Waals surface area contributed by atoms with Crippen LogP contribution in [0.2, 0.25) is 0 Å². The summed E-state index contributed by atoms with van der Waals surface area (Å²) in [6, 6.07) is 1.58. The fourth-order valence-corrected chi connectivity index (χ4v) is 1.93.